The molecule has 11 heteroatoms. The van der Waals surface area contributed by atoms with Gasteiger partial charge in [-0.05, 0) is 92.8 Å². The van der Waals surface area contributed by atoms with Gasteiger partial charge in [-0.3, -0.25) is 14.5 Å². The molecule has 276 valence electrons. The molecule has 0 radical (unpaired) electrons. The number of fused-ring (bicyclic) bond motifs is 1. The molecule has 3 fully saturated rings. The Balaban J connectivity index is 1.02. The largest absolute Gasteiger partial charge is 0.381 e. The van der Waals surface area contributed by atoms with Crippen molar-refractivity contribution in [1.29, 1.82) is 0 Å². The second-order valence-electron chi connectivity index (χ2n) is 14.9. The second kappa shape index (κ2) is 15.7. The van der Waals surface area contributed by atoms with Gasteiger partial charge in [-0.2, -0.15) is 5.10 Å². The standard InChI is InChI=1S/C41H54N8O3/c1-5-36-34(37(46-32-12-18-52-19-13-32)35-24-45-49(6-2)38(35)47-36)23-44-40(51)41(14-15-41)39(50)43-22-29-11-10-27(3)33(21-29)31-9-7-8-30(20-31)26-48-17-16-42-28(4)25-48/h7-11,20-21,24,28,32,42H,5-6,12-19,22-23,25-26H2,1-4H3,(H,43,50)(H,44,51)(H,46,47)/t28-/m0/s1. The van der Waals surface area contributed by atoms with Crippen LogP contribution < -0.4 is 21.3 Å². The number of ether oxygens (including phenoxy) is 1. The Kier molecular flexibility index (Phi) is 10.9. The molecule has 4 aromatic rings. The zero-order chi connectivity index (χ0) is 36.2. The van der Waals surface area contributed by atoms with Crippen LogP contribution in [0.2, 0.25) is 0 Å². The van der Waals surface area contributed by atoms with Crippen molar-refractivity contribution < 1.29 is 14.3 Å². The van der Waals surface area contributed by atoms with E-state index in [1.807, 2.05) is 10.9 Å². The van der Waals surface area contributed by atoms with Gasteiger partial charge >= 0.3 is 0 Å². The van der Waals surface area contributed by atoms with Crippen LogP contribution in [0.3, 0.4) is 0 Å². The first kappa shape index (κ1) is 36.1. The summed E-state index contributed by atoms with van der Waals surface area (Å²) >= 11 is 0. The number of aromatic nitrogens is 3. The molecule has 3 aliphatic rings. The lowest BCUT2D eigenvalue weighted by Crippen LogP contribution is -2.48. The number of hydrogen-bond acceptors (Lipinski definition) is 8. The highest BCUT2D eigenvalue weighted by Crippen LogP contribution is 2.46. The number of carbonyl (C=O) groups is 2. The number of nitrogens with one attached hydrogen (secondary N) is 4. The molecule has 11 nitrogen and oxygen atoms in total. The number of nitrogens with zero attached hydrogens (tertiary/aromatic N) is 4. The lowest BCUT2D eigenvalue weighted by atomic mass is 9.96. The number of hydrogen-bond donors (Lipinski definition) is 4. The molecule has 4 N–H and O–H groups in total. The highest BCUT2D eigenvalue weighted by molar-refractivity contribution is 6.08. The van der Waals surface area contributed by atoms with Crippen molar-refractivity contribution in [3.63, 3.8) is 0 Å². The maximum atomic E-state index is 13.8. The Bertz CT molecular complexity index is 1910. The summed E-state index contributed by atoms with van der Waals surface area (Å²) in [6.45, 7) is 15.4. The molecule has 0 spiro atoms. The molecule has 0 unspecified atom stereocenters. The summed E-state index contributed by atoms with van der Waals surface area (Å²) in [6.07, 6.45) is 5.48. The second-order valence-corrected chi connectivity index (χ2v) is 14.9. The summed E-state index contributed by atoms with van der Waals surface area (Å²) in [5, 5.41) is 19.1. The van der Waals surface area contributed by atoms with Crippen molar-refractivity contribution in [2.75, 3.05) is 38.2 Å². The Morgan fingerprint density at radius 1 is 1.02 bits per heavy atom. The summed E-state index contributed by atoms with van der Waals surface area (Å²) in [5.74, 6) is -0.442. The topological polar surface area (TPSA) is 125 Å². The minimum absolute atomic E-state index is 0.214. The number of carbonyl (C=O) groups excluding carboxylic acids is 2. The van der Waals surface area contributed by atoms with Crippen LogP contribution in [-0.2, 0) is 46.9 Å². The maximum absolute atomic E-state index is 13.8. The van der Waals surface area contributed by atoms with Crippen LogP contribution in [0.15, 0.2) is 48.7 Å². The Labute approximate surface area is 307 Å². The first-order valence-electron chi connectivity index (χ1n) is 19.2. The molecule has 2 amide bonds. The number of anilines is 1. The molecule has 2 aliphatic heterocycles. The molecular weight excluding hydrogens is 653 g/mol. The Morgan fingerprint density at radius 2 is 1.81 bits per heavy atom. The predicted octanol–water partition coefficient (Wildman–Crippen LogP) is 5.09. The van der Waals surface area contributed by atoms with E-state index in [4.69, 9.17) is 9.72 Å². The molecular formula is C41H54N8O3. The average Bonchev–Trinajstić information content (AvgIpc) is 3.88. The van der Waals surface area contributed by atoms with E-state index in [0.717, 1.165) is 97.9 Å². The van der Waals surface area contributed by atoms with Crippen LogP contribution in [0.5, 0.6) is 0 Å². The normalized spacial score (nSPS) is 19.0. The van der Waals surface area contributed by atoms with Crippen LogP contribution in [0.4, 0.5) is 5.69 Å². The first-order chi connectivity index (χ1) is 25.3. The van der Waals surface area contributed by atoms with E-state index in [2.05, 4.69) is 101 Å². The van der Waals surface area contributed by atoms with Crippen LogP contribution in [0.25, 0.3) is 22.2 Å². The van der Waals surface area contributed by atoms with E-state index in [1.165, 1.54) is 16.7 Å². The van der Waals surface area contributed by atoms with E-state index in [-0.39, 0.29) is 24.4 Å². The van der Waals surface area contributed by atoms with Crippen LogP contribution >= 0.6 is 0 Å². The molecule has 0 bridgehead atoms. The third-order valence-corrected chi connectivity index (χ3v) is 11.1. The Hall–Kier alpha value is -4.32. The minimum Gasteiger partial charge on any atom is -0.381 e. The summed E-state index contributed by atoms with van der Waals surface area (Å²) in [5.41, 5.74) is 8.49. The summed E-state index contributed by atoms with van der Waals surface area (Å²) in [6, 6.07) is 15.9. The lowest BCUT2D eigenvalue weighted by Gasteiger charge is -2.31. The summed E-state index contributed by atoms with van der Waals surface area (Å²) < 4.78 is 7.53. The van der Waals surface area contributed by atoms with Crippen LogP contribution in [0.1, 0.15) is 74.4 Å². The average molecular weight is 707 g/mol. The SMILES string of the molecule is CCc1nc2c(cnn2CC)c(NC2CCOCC2)c1CNC(=O)C1(C(=O)NCc2ccc(C)c(-c3cccc(CN4CCN[C@@H](C)C4)c3)c2)CC1. The minimum atomic E-state index is -1.05. The molecule has 1 atom stereocenters. The quantitative estimate of drug-likeness (QED) is 0.142. The third kappa shape index (κ3) is 7.72. The molecule has 2 aromatic carbocycles. The number of piperazine rings is 1. The highest BCUT2D eigenvalue weighted by Gasteiger charge is 2.56. The molecule has 1 saturated carbocycles. The fourth-order valence-corrected chi connectivity index (χ4v) is 7.81. The third-order valence-electron chi connectivity index (χ3n) is 11.1. The van der Waals surface area contributed by atoms with Gasteiger partial charge in [-0.1, -0.05) is 37.3 Å². The zero-order valence-corrected chi connectivity index (χ0v) is 31.2. The van der Waals surface area contributed by atoms with Crippen molar-refractivity contribution in [2.45, 2.75) is 98.1 Å². The number of rotatable bonds is 13. The van der Waals surface area contributed by atoms with Gasteiger partial charge in [0, 0.05) is 82.4 Å². The number of amides is 2. The molecule has 4 heterocycles. The van der Waals surface area contributed by atoms with Crippen molar-refractivity contribution in [2.24, 2.45) is 5.41 Å². The molecule has 2 aromatic heterocycles. The summed E-state index contributed by atoms with van der Waals surface area (Å²) in [4.78, 5) is 35.0. The van der Waals surface area contributed by atoms with Gasteiger partial charge < -0.3 is 26.0 Å². The van der Waals surface area contributed by atoms with Gasteiger partial charge in [0.2, 0.25) is 11.8 Å². The number of benzene rings is 2. The van der Waals surface area contributed by atoms with Gasteiger partial charge in [0.15, 0.2) is 5.65 Å². The van der Waals surface area contributed by atoms with E-state index in [1.54, 1.807) is 0 Å². The lowest BCUT2D eigenvalue weighted by molar-refractivity contribution is -0.137. The van der Waals surface area contributed by atoms with Gasteiger partial charge in [0.25, 0.3) is 0 Å². The highest BCUT2D eigenvalue weighted by atomic mass is 16.5. The summed E-state index contributed by atoms with van der Waals surface area (Å²) in [7, 11) is 0. The van der Waals surface area contributed by atoms with E-state index < -0.39 is 5.41 Å². The van der Waals surface area contributed by atoms with Crippen molar-refractivity contribution >= 4 is 28.5 Å². The predicted molar refractivity (Wildman–Crippen MR) is 205 cm³/mol. The number of aryl methyl sites for hydroxylation is 3. The number of pyridine rings is 1. The van der Waals surface area contributed by atoms with Crippen LogP contribution in [0, 0.1) is 12.3 Å². The fraction of sp³-hybridized carbons (Fsp3) is 0.512. The van der Waals surface area contributed by atoms with E-state index in [0.29, 0.717) is 31.8 Å². The van der Waals surface area contributed by atoms with Gasteiger partial charge in [-0.25, -0.2) is 9.67 Å². The van der Waals surface area contributed by atoms with Crippen molar-refractivity contribution in [3.05, 3.63) is 76.6 Å². The van der Waals surface area contributed by atoms with Crippen LogP contribution in [-0.4, -0.2) is 76.4 Å². The van der Waals surface area contributed by atoms with E-state index in [9.17, 15) is 9.59 Å². The van der Waals surface area contributed by atoms with Gasteiger partial charge in [-0.15, -0.1) is 0 Å². The maximum Gasteiger partial charge on any atom is 0.235 e. The monoisotopic (exact) mass is 706 g/mol. The molecule has 1 aliphatic carbocycles. The van der Waals surface area contributed by atoms with Crippen molar-refractivity contribution in [1.82, 2.24) is 35.6 Å². The molecule has 52 heavy (non-hydrogen) atoms. The molecule has 7 rings (SSSR count). The zero-order valence-electron chi connectivity index (χ0n) is 31.2. The van der Waals surface area contributed by atoms with E-state index >= 15 is 0 Å². The molecule has 2 saturated heterocycles. The van der Waals surface area contributed by atoms with Gasteiger partial charge in [0.05, 0.1) is 17.3 Å². The Morgan fingerprint density at radius 3 is 2.54 bits per heavy atom. The fourth-order valence-electron chi connectivity index (χ4n) is 7.81. The first-order valence-corrected chi connectivity index (χ1v) is 19.2. The van der Waals surface area contributed by atoms with Crippen molar-refractivity contribution in [3.8, 4) is 11.1 Å². The smallest absolute Gasteiger partial charge is 0.235 e. The van der Waals surface area contributed by atoms with Gasteiger partial charge in [0.1, 0.15) is 5.41 Å².